The SMILES string of the molecule is COc1cc(CN(C)C(=O)NC2CCC(C(=O)O)CC2)cc(OC)c1. The zero-order valence-electron chi connectivity index (χ0n) is 14.9. The van der Waals surface area contributed by atoms with Crippen LogP contribution in [-0.2, 0) is 11.3 Å². The fourth-order valence-corrected chi connectivity index (χ4v) is 3.07. The summed E-state index contributed by atoms with van der Waals surface area (Å²) in [4.78, 5) is 25.0. The number of rotatable bonds is 6. The Morgan fingerprint density at radius 2 is 1.68 bits per heavy atom. The number of carbonyl (C=O) groups is 2. The Kier molecular flexibility index (Phi) is 6.50. The van der Waals surface area contributed by atoms with Crippen LogP contribution in [0, 0.1) is 5.92 Å². The molecular formula is C18H26N2O5. The van der Waals surface area contributed by atoms with Crippen LogP contribution in [0.25, 0.3) is 0 Å². The van der Waals surface area contributed by atoms with E-state index in [2.05, 4.69) is 5.32 Å². The Balaban J connectivity index is 1.89. The minimum absolute atomic E-state index is 0.0328. The minimum Gasteiger partial charge on any atom is -0.497 e. The van der Waals surface area contributed by atoms with E-state index in [4.69, 9.17) is 14.6 Å². The van der Waals surface area contributed by atoms with E-state index in [0.717, 1.165) is 5.56 Å². The van der Waals surface area contributed by atoms with Crippen molar-refractivity contribution >= 4 is 12.0 Å². The lowest BCUT2D eigenvalue weighted by molar-refractivity contribution is -0.142. The Bertz CT molecular complexity index is 589. The van der Waals surface area contributed by atoms with Crippen molar-refractivity contribution in [2.45, 2.75) is 38.3 Å². The van der Waals surface area contributed by atoms with E-state index >= 15 is 0 Å². The Hall–Kier alpha value is -2.44. The number of carboxylic acid groups (broad SMARTS) is 1. The van der Waals surface area contributed by atoms with Crippen LogP contribution in [0.2, 0.25) is 0 Å². The van der Waals surface area contributed by atoms with Gasteiger partial charge in [0, 0.05) is 25.7 Å². The van der Waals surface area contributed by atoms with Crippen molar-refractivity contribution in [1.82, 2.24) is 10.2 Å². The lowest BCUT2D eigenvalue weighted by Crippen LogP contribution is -2.44. The molecule has 0 radical (unpaired) electrons. The number of carbonyl (C=O) groups excluding carboxylic acids is 1. The number of nitrogens with zero attached hydrogens (tertiary/aromatic N) is 1. The molecule has 1 aromatic rings. The van der Waals surface area contributed by atoms with Crippen molar-refractivity contribution < 1.29 is 24.2 Å². The van der Waals surface area contributed by atoms with Crippen molar-refractivity contribution in [3.05, 3.63) is 23.8 Å². The first-order valence-electron chi connectivity index (χ1n) is 8.39. The molecule has 1 aliphatic carbocycles. The molecule has 2 amide bonds. The van der Waals surface area contributed by atoms with Gasteiger partial charge in [0.15, 0.2) is 0 Å². The maximum Gasteiger partial charge on any atom is 0.317 e. The molecule has 0 spiro atoms. The molecule has 25 heavy (non-hydrogen) atoms. The summed E-state index contributed by atoms with van der Waals surface area (Å²) in [7, 11) is 4.90. The average Bonchev–Trinajstić information content (AvgIpc) is 2.61. The third kappa shape index (κ3) is 5.27. The van der Waals surface area contributed by atoms with E-state index < -0.39 is 5.97 Å². The first-order chi connectivity index (χ1) is 11.9. The number of urea groups is 1. The Labute approximate surface area is 147 Å². The number of hydrogen-bond acceptors (Lipinski definition) is 4. The molecule has 1 aromatic carbocycles. The van der Waals surface area contributed by atoms with Gasteiger partial charge < -0.3 is 24.8 Å². The number of methoxy groups -OCH3 is 2. The molecule has 1 saturated carbocycles. The minimum atomic E-state index is -0.742. The van der Waals surface area contributed by atoms with Gasteiger partial charge in [0.1, 0.15) is 11.5 Å². The summed E-state index contributed by atoms with van der Waals surface area (Å²) in [6.45, 7) is 0.421. The number of aliphatic carboxylic acids is 1. The van der Waals surface area contributed by atoms with Gasteiger partial charge in [0.2, 0.25) is 0 Å². The van der Waals surface area contributed by atoms with Crippen molar-refractivity contribution in [3.8, 4) is 11.5 Å². The van der Waals surface area contributed by atoms with E-state index in [1.165, 1.54) is 0 Å². The Morgan fingerprint density at radius 3 is 2.16 bits per heavy atom. The van der Waals surface area contributed by atoms with Gasteiger partial charge in [-0.15, -0.1) is 0 Å². The van der Waals surface area contributed by atoms with E-state index in [0.29, 0.717) is 43.7 Å². The fourth-order valence-electron chi connectivity index (χ4n) is 3.07. The second-order valence-electron chi connectivity index (χ2n) is 6.41. The summed E-state index contributed by atoms with van der Waals surface area (Å²) in [5, 5.41) is 12.0. The number of ether oxygens (including phenoxy) is 2. The van der Waals surface area contributed by atoms with Crippen LogP contribution in [0.1, 0.15) is 31.2 Å². The fraction of sp³-hybridized carbons (Fsp3) is 0.556. The van der Waals surface area contributed by atoms with Crippen LogP contribution in [0.4, 0.5) is 4.79 Å². The highest BCUT2D eigenvalue weighted by Crippen LogP contribution is 2.25. The maximum atomic E-state index is 12.4. The summed E-state index contributed by atoms with van der Waals surface area (Å²) in [5.74, 6) is 0.328. The van der Waals surface area contributed by atoms with Crippen LogP contribution in [0.3, 0.4) is 0 Å². The van der Waals surface area contributed by atoms with Gasteiger partial charge in [-0.2, -0.15) is 0 Å². The molecule has 7 nitrogen and oxygen atoms in total. The predicted octanol–water partition coefficient (Wildman–Crippen LogP) is 2.49. The predicted molar refractivity (Wildman–Crippen MR) is 92.9 cm³/mol. The lowest BCUT2D eigenvalue weighted by atomic mass is 9.86. The van der Waals surface area contributed by atoms with Gasteiger partial charge in [0.25, 0.3) is 0 Å². The third-order valence-electron chi connectivity index (χ3n) is 4.58. The van der Waals surface area contributed by atoms with Gasteiger partial charge >= 0.3 is 12.0 Å². The van der Waals surface area contributed by atoms with Crippen LogP contribution < -0.4 is 14.8 Å². The first-order valence-corrected chi connectivity index (χ1v) is 8.39. The topological polar surface area (TPSA) is 88.1 Å². The van der Waals surface area contributed by atoms with Crippen molar-refractivity contribution in [2.75, 3.05) is 21.3 Å². The number of nitrogens with one attached hydrogen (secondary N) is 1. The Morgan fingerprint density at radius 1 is 1.12 bits per heavy atom. The molecule has 7 heteroatoms. The number of hydrogen-bond donors (Lipinski definition) is 2. The van der Waals surface area contributed by atoms with Gasteiger partial charge in [-0.25, -0.2) is 4.79 Å². The lowest BCUT2D eigenvalue weighted by Gasteiger charge is -2.29. The molecule has 0 unspecified atom stereocenters. The second-order valence-corrected chi connectivity index (χ2v) is 6.41. The van der Waals surface area contributed by atoms with E-state index in [1.54, 1.807) is 32.2 Å². The molecule has 0 atom stereocenters. The molecule has 0 saturated heterocycles. The molecule has 0 heterocycles. The third-order valence-corrected chi connectivity index (χ3v) is 4.58. The normalized spacial score (nSPS) is 19.8. The summed E-state index contributed by atoms with van der Waals surface area (Å²) in [6, 6.07) is 5.38. The van der Waals surface area contributed by atoms with Crippen LogP contribution in [0.15, 0.2) is 18.2 Å². The van der Waals surface area contributed by atoms with Gasteiger partial charge in [0.05, 0.1) is 20.1 Å². The van der Waals surface area contributed by atoms with E-state index in [-0.39, 0.29) is 18.0 Å². The smallest absolute Gasteiger partial charge is 0.317 e. The molecule has 138 valence electrons. The molecule has 2 rings (SSSR count). The highest BCUT2D eigenvalue weighted by atomic mass is 16.5. The zero-order valence-corrected chi connectivity index (χ0v) is 14.9. The molecule has 0 aliphatic heterocycles. The highest BCUT2D eigenvalue weighted by Gasteiger charge is 2.27. The van der Waals surface area contributed by atoms with Crippen LogP contribution >= 0.6 is 0 Å². The summed E-state index contributed by atoms with van der Waals surface area (Å²) in [5.41, 5.74) is 0.906. The van der Waals surface area contributed by atoms with Gasteiger partial charge in [-0.05, 0) is 43.4 Å². The second kappa shape index (κ2) is 8.60. The summed E-state index contributed by atoms with van der Waals surface area (Å²) in [6.07, 6.45) is 2.61. The monoisotopic (exact) mass is 350 g/mol. The summed E-state index contributed by atoms with van der Waals surface area (Å²) < 4.78 is 10.5. The van der Waals surface area contributed by atoms with E-state index in [1.807, 2.05) is 12.1 Å². The molecule has 0 aromatic heterocycles. The first kappa shape index (κ1) is 18.9. The number of amides is 2. The van der Waals surface area contributed by atoms with Crippen LogP contribution in [0.5, 0.6) is 11.5 Å². The number of carboxylic acids is 1. The van der Waals surface area contributed by atoms with Crippen LogP contribution in [-0.4, -0.2) is 49.3 Å². The van der Waals surface area contributed by atoms with Crippen molar-refractivity contribution in [3.63, 3.8) is 0 Å². The highest BCUT2D eigenvalue weighted by molar-refractivity contribution is 5.74. The van der Waals surface area contributed by atoms with Gasteiger partial charge in [-0.1, -0.05) is 0 Å². The molecule has 0 bridgehead atoms. The largest absolute Gasteiger partial charge is 0.497 e. The molecule has 2 N–H and O–H groups in total. The van der Waals surface area contributed by atoms with Crippen molar-refractivity contribution in [2.24, 2.45) is 5.92 Å². The van der Waals surface area contributed by atoms with Crippen molar-refractivity contribution in [1.29, 1.82) is 0 Å². The van der Waals surface area contributed by atoms with Gasteiger partial charge in [-0.3, -0.25) is 4.79 Å². The zero-order chi connectivity index (χ0) is 18.4. The standard InChI is InChI=1S/C18H26N2O5/c1-20(11-12-8-15(24-2)10-16(9-12)25-3)18(23)19-14-6-4-13(5-7-14)17(21)22/h8-10,13-14H,4-7,11H2,1-3H3,(H,19,23)(H,21,22). The average molecular weight is 350 g/mol. The molecule has 1 fully saturated rings. The summed E-state index contributed by atoms with van der Waals surface area (Å²) >= 11 is 0. The molecule has 1 aliphatic rings. The van der Waals surface area contributed by atoms with E-state index in [9.17, 15) is 9.59 Å². The quantitative estimate of drug-likeness (QED) is 0.823. The molecular weight excluding hydrogens is 324 g/mol. The maximum absolute atomic E-state index is 12.4. The number of benzene rings is 1.